The average Bonchev–Trinajstić information content (AvgIpc) is 3.39. The summed E-state index contributed by atoms with van der Waals surface area (Å²) in [5, 5.41) is 13.4. The molecule has 0 aliphatic heterocycles. The van der Waals surface area contributed by atoms with Gasteiger partial charge in [0.05, 0.1) is 22.9 Å². The first-order valence-corrected chi connectivity index (χ1v) is 14.1. The van der Waals surface area contributed by atoms with Crippen molar-refractivity contribution in [3.63, 3.8) is 0 Å². The zero-order valence-electron chi connectivity index (χ0n) is 20.1. The van der Waals surface area contributed by atoms with Crippen molar-refractivity contribution in [1.29, 1.82) is 0 Å². The highest BCUT2D eigenvalue weighted by atomic mass is 35.5. The number of rotatable bonds is 9. The summed E-state index contributed by atoms with van der Waals surface area (Å²) in [5.41, 5.74) is 1.52. The molecule has 8 nitrogen and oxygen atoms in total. The van der Waals surface area contributed by atoms with Crippen LogP contribution in [0.4, 0.5) is 5.00 Å². The predicted octanol–water partition coefficient (Wildman–Crippen LogP) is 6.11. The van der Waals surface area contributed by atoms with E-state index >= 15 is 0 Å². The van der Waals surface area contributed by atoms with Crippen molar-refractivity contribution in [1.82, 2.24) is 14.8 Å². The number of aromatic nitrogens is 3. The first-order chi connectivity index (χ1) is 17.3. The Balaban J connectivity index is 1.41. The molecule has 2 heterocycles. The highest BCUT2D eigenvalue weighted by Gasteiger charge is 2.27. The number of benzene rings is 1. The summed E-state index contributed by atoms with van der Waals surface area (Å²) < 4.78 is 13.0. The molecular formula is C24H26Cl2N4O4S2. The number of aryl methyl sites for hydroxylation is 1. The van der Waals surface area contributed by atoms with Gasteiger partial charge in [0.2, 0.25) is 5.91 Å². The number of ether oxygens (including phenoxy) is 2. The third-order valence-electron chi connectivity index (χ3n) is 5.67. The minimum Gasteiger partial charge on any atom is -0.481 e. The molecule has 0 saturated heterocycles. The zero-order chi connectivity index (χ0) is 25.8. The van der Waals surface area contributed by atoms with Gasteiger partial charge in [0, 0.05) is 16.9 Å². The maximum absolute atomic E-state index is 12.8. The van der Waals surface area contributed by atoms with Crippen LogP contribution in [0.3, 0.4) is 0 Å². The van der Waals surface area contributed by atoms with Gasteiger partial charge in [0.25, 0.3) is 0 Å². The van der Waals surface area contributed by atoms with Crippen LogP contribution in [-0.2, 0) is 29.4 Å². The Bertz CT molecular complexity index is 1280. The number of hydrogen-bond donors (Lipinski definition) is 1. The Morgan fingerprint density at radius 1 is 1.25 bits per heavy atom. The molecule has 0 bridgehead atoms. The summed E-state index contributed by atoms with van der Waals surface area (Å²) in [6.07, 6.45) is 3.42. The van der Waals surface area contributed by atoms with Crippen molar-refractivity contribution in [3.05, 3.63) is 50.1 Å². The molecule has 1 atom stereocenters. The number of nitrogens with one attached hydrogen (secondary N) is 1. The summed E-state index contributed by atoms with van der Waals surface area (Å²) in [5.74, 6) is 0.564. The Hall–Kier alpha value is -2.27. The second-order valence-corrected chi connectivity index (χ2v) is 11.1. The lowest BCUT2D eigenvalue weighted by atomic mass is 9.95. The molecule has 1 aromatic carbocycles. The summed E-state index contributed by atoms with van der Waals surface area (Å²) in [6, 6.07) is 5.01. The number of carbonyl (C=O) groups excluding carboxylic acids is 2. The van der Waals surface area contributed by atoms with Crippen molar-refractivity contribution in [2.24, 2.45) is 7.05 Å². The fourth-order valence-electron chi connectivity index (χ4n) is 3.99. The van der Waals surface area contributed by atoms with E-state index in [1.54, 1.807) is 29.7 Å². The lowest BCUT2D eigenvalue weighted by molar-refractivity contribution is -0.113. The number of carbonyl (C=O) groups is 2. The minimum absolute atomic E-state index is 0.106. The third kappa shape index (κ3) is 5.99. The summed E-state index contributed by atoms with van der Waals surface area (Å²) >= 11 is 14.9. The number of amides is 1. The minimum atomic E-state index is -0.436. The number of anilines is 1. The Kier molecular flexibility index (Phi) is 8.82. The normalized spacial score (nSPS) is 13.7. The van der Waals surface area contributed by atoms with E-state index in [1.807, 2.05) is 14.0 Å². The number of halogens is 2. The Labute approximate surface area is 227 Å². The van der Waals surface area contributed by atoms with Crippen LogP contribution in [-0.4, -0.2) is 39.0 Å². The number of nitrogens with zero attached hydrogens (tertiary/aromatic N) is 3. The van der Waals surface area contributed by atoms with E-state index in [2.05, 4.69) is 15.5 Å². The smallest absolute Gasteiger partial charge is 0.341 e. The molecule has 1 N–H and O–H groups in total. The number of thioether (sulfide) groups is 1. The van der Waals surface area contributed by atoms with Gasteiger partial charge in [-0.15, -0.1) is 21.5 Å². The molecule has 192 valence electrons. The second kappa shape index (κ2) is 11.9. The van der Waals surface area contributed by atoms with Crippen molar-refractivity contribution < 1.29 is 19.1 Å². The molecule has 3 aromatic rings. The maximum Gasteiger partial charge on any atom is 0.341 e. The molecule has 0 fully saturated rings. The van der Waals surface area contributed by atoms with Gasteiger partial charge in [-0.05, 0) is 63.3 Å². The zero-order valence-corrected chi connectivity index (χ0v) is 23.2. The SMILES string of the molecule is CCOC(=O)c1c(NC(=O)CSc2nnc(C(C)Oc3ccc(Cl)cc3Cl)n2C)sc2c1CCCC2. The average molecular weight is 570 g/mol. The fourth-order valence-corrected chi connectivity index (χ4v) is 6.45. The van der Waals surface area contributed by atoms with Crippen molar-refractivity contribution in [2.45, 2.75) is 50.8 Å². The first kappa shape index (κ1) is 26.8. The number of fused-ring (bicyclic) bond motifs is 1. The van der Waals surface area contributed by atoms with Gasteiger partial charge in [-0.1, -0.05) is 35.0 Å². The monoisotopic (exact) mass is 568 g/mol. The molecule has 36 heavy (non-hydrogen) atoms. The molecule has 1 unspecified atom stereocenters. The highest BCUT2D eigenvalue weighted by Crippen LogP contribution is 2.39. The summed E-state index contributed by atoms with van der Waals surface area (Å²) in [6.45, 7) is 3.90. The van der Waals surface area contributed by atoms with E-state index < -0.39 is 6.10 Å². The molecule has 1 aliphatic rings. The predicted molar refractivity (Wildman–Crippen MR) is 143 cm³/mol. The van der Waals surface area contributed by atoms with E-state index in [4.69, 9.17) is 32.7 Å². The lowest BCUT2D eigenvalue weighted by Crippen LogP contribution is -2.17. The van der Waals surface area contributed by atoms with Gasteiger partial charge >= 0.3 is 5.97 Å². The van der Waals surface area contributed by atoms with Gasteiger partial charge in [0.1, 0.15) is 10.8 Å². The van der Waals surface area contributed by atoms with Crippen molar-refractivity contribution >= 4 is 63.2 Å². The van der Waals surface area contributed by atoms with E-state index in [-0.39, 0.29) is 24.2 Å². The molecular weight excluding hydrogens is 543 g/mol. The number of esters is 1. The maximum atomic E-state index is 12.8. The van der Waals surface area contributed by atoms with Crippen LogP contribution < -0.4 is 10.1 Å². The quantitative estimate of drug-likeness (QED) is 0.245. The molecule has 0 radical (unpaired) electrons. The standard InChI is InChI=1S/C24H26Cl2N4O4S2/c1-4-33-23(32)20-15-7-5-6-8-18(15)36-22(20)27-19(31)12-35-24-29-28-21(30(24)3)13(2)34-17-10-9-14(25)11-16(17)26/h9-11,13H,4-8,12H2,1-3H3,(H,27,31). The number of thiophene rings is 1. The van der Waals surface area contributed by atoms with Gasteiger partial charge in [-0.2, -0.15) is 0 Å². The van der Waals surface area contributed by atoms with Gasteiger partial charge in [-0.3, -0.25) is 4.79 Å². The molecule has 12 heteroatoms. The van der Waals surface area contributed by atoms with Gasteiger partial charge in [0.15, 0.2) is 17.1 Å². The van der Waals surface area contributed by atoms with Crippen LogP contribution in [0, 0.1) is 0 Å². The van der Waals surface area contributed by atoms with E-state index in [1.165, 1.54) is 23.1 Å². The molecule has 2 aromatic heterocycles. The first-order valence-electron chi connectivity index (χ1n) is 11.5. The lowest BCUT2D eigenvalue weighted by Gasteiger charge is -2.15. The van der Waals surface area contributed by atoms with Crippen molar-refractivity contribution in [2.75, 3.05) is 17.7 Å². The van der Waals surface area contributed by atoms with Crippen LogP contribution >= 0.6 is 46.3 Å². The summed E-state index contributed by atoms with van der Waals surface area (Å²) in [7, 11) is 1.81. The molecule has 0 spiro atoms. The molecule has 1 aliphatic carbocycles. The number of hydrogen-bond acceptors (Lipinski definition) is 8. The van der Waals surface area contributed by atoms with Crippen LogP contribution in [0.1, 0.15) is 59.4 Å². The topological polar surface area (TPSA) is 95.3 Å². The summed E-state index contributed by atoms with van der Waals surface area (Å²) in [4.78, 5) is 26.6. The molecule has 4 rings (SSSR count). The van der Waals surface area contributed by atoms with Crippen LogP contribution in [0.25, 0.3) is 0 Å². The Morgan fingerprint density at radius 2 is 2.03 bits per heavy atom. The van der Waals surface area contributed by atoms with Gasteiger partial charge < -0.3 is 19.4 Å². The van der Waals surface area contributed by atoms with Crippen LogP contribution in [0.5, 0.6) is 5.75 Å². The van der Waals surface area contributed by atoms with E-state index in [0.717, 1.165) is 36.1 Å². The highest BCUT2D eigenvalue weighted by molar-refractivity contribution is 7.99. The van der Waals surface area contributed by atoms with E-state index in [9.17, 15) is 9.59 Å². The fraction of sp³-hybridized carbons (Fsp3) is 0.417. The molecule has 1 amide bonds. The van der Waals surface area contributed by atoms with Gasteiger partial charge in [-0.25, -0.2) is 4.79 Å². The van der Waals surface area contributed by atoms with Crippen molar-refractivity contribution in [3.8, 4) is 5.75 Å². The third-order valence-corrected chi connectivity index (χ3v) is 8.42. The largest absolute Gasteiger partial charge is 0.481 e. The van der Waals surface area contributed by atoms with E-state index in [0.29, 0.717) is 37.3 Å². The molecule has 0 saturated carbocycles. The second-order valence-electron chi connectivity index (χ2n) is 8.21. The van der Waals surface area contributed by atoms with Crippen LogP contribution in [0.15, 0.2) is 23.4 Å². The van der Waals surface area contributed by atoms with Crippen LogP contribution in [0.2, 0.25) is 10.0 Å². The Morgan fingerprint density at radius 3 is 2.78 bits per heavy atom.